The van der Waals surface area contributed by atoms with Gasteiger partial charge in [-0.2, -0.15) is 0 Å². The highest BCUT2D eigenvalue weighted by atomic mass is 35.5. The van der Waals surface area contributed by atoms with Gasteiger partial charge in [0.1, 0.15) is 11.8 Å². The van der Waals surface area contributed by atoms with Gasteiger partial charge in [0.15, 0.2) is 0 Å². The maximum Gasteiger partial charge on any atom is 0.243 e. The number of anilines is 1. The molecule has 0 aromatic heterocycles. The average molecular weight is 649 g/mol. The Labute approximate surface area is 265 Å². The molecule has 0 fully saturated rings. The van der Waals surface area contributed by atoms with Crippen molar-refractivity contribution in [2.75, 3.05) is 30.8 Å². The Morgan fingerprint density at radius 2 is 1.58 bits per heavy atom. The van der Waals surface area contributed by atoms with Crippen molar-refractivity contribution in [1.29, 1.82) is 0 Å². The van der Waals surface area contributed by atoms with E-state index in [1.165, 1.54) is 16.3 Å². The minimum absolute atomic E-state index is 0.0122. The Balaban J connectivity index is 1.93. The summed E-state index contributed by atoms with van der Waals surface area (Å²) in [6.45, 7) is 2.57. The number of nitrogens with zero attached hydrogens (tertiary/aromatic N) is 2. The number of sulfonamides is 1. The normalized spacial score (nSPS) is 11.9. The number of carbonyl (C=O) groups is 2. The molecular weight excluding hydrogens is 609 g/mol. The van der Waals surface area contributed by atoms with Gasteiger partial charge in [-0.25, -0.2) is 8.42 Å². The lowest BCUT2D eigenvalue weighted by Crippen LogP contribution is -2.50. The van der Waals surface area contributed by atoms with Crippen LogP contribution in [0.3, 0.4) is 0 Å². The van der Waals surface area contributed by atoms with Crippen molar-refractivity contribution in [1.82, 2.24) is 10.2 Å². The standard InChI is InChI=1S/C32H39Cl2N3O5S/c1-4-5-20-35-32(39)29(22-24-13-7-6-8-14-24)36(23-25-26(33)15-11-16-27(25)34)31(38)19-12-21-37(43(3,40)41)28-17-9-10-18-30(28)42-2/h6-11,13-18,29H,4-5,12,19-23H2,1-3H3,(H,35,39)/t29-/m0/s1. The Morgan fingerprint density at radius 1 is 0.930 bits per heavy atom. The van der Waals surface area contributed by atoms with Crippen LogP contribution in [-0.2, 0) is 32.6 Å². The molecule has 8 nitrogen and oxygen atoms in total. The molecule has 11 heteroatoms. The third kappa shape index (κ3) is 9.88. The van der Waals surface area contributed by atoms with Gasteiger partial charge < -0.3 is 15.0 Å². The van der Waals surface area contributed by atoms with Crippen molar-refractivity contribution in [3.63, 3.8) is 0 Å². The number of rotatable bonds is 16. The molecule has 0 aliphatic heterocycles. The summed E-state index contributed by atoms with van der Waals surface area (Å²) in [4.78, 5) is 29.1. The Hall–Kier alpha value is -3.27. The third-order valence-corrected chi connectivity index (χ3v) is 8.88. The van der Waals surface area contributed by atoms with Crippen LogP contribution < -0.4 is 14.4 Å². The van der Waals surface area contributed by atoms with Crippen LogP contribution in [0.1, 0.15) is 43.7 Å². The van der Waals surface area contributed by atoms with Gasteiger partial charge in [0.25, 0.3) is 0 Å². The zero-order valence-electron chi connectivity index (χ0n) is 24.8. The molecule has 0 saturated heterocycles. The van der Waals surface area contributed by atoms with Crippen LogP contribution in [-0.4, -0.2) is 57.6 Å². The number of hydrogen-bond donors (Lipinski definition) is 1. The lowest BCUT2D eigenvalue weighted by Gasteiger charge is -2.32. The van der Waals surface area contributed by atoms with E-state index in [1.807, 2.05) is 37.3 Å². The number of carbonyl (C=O) groups excluding carboxylic acids is 2. The number of halogens is 2. The van der Waals surface area contributed by atoms with Crippen molar-refractivity contribution >= 4 is 50.7 Å². The molecule has 0 saturated carbocycles. The Morgan fingerprint density at radius 3 is 2.21 bits per heavy atom. The molecule has 0 aliphatic rings. The fourth-order valence-electron chi connectivity index (χ4n) is 4.73. The van der Waals surface area contributed by atoms with E-state index < -0.39 is 16.1 Å². The van der Waals surface area contributed by atoms with Crippen LogP contribution in [0.5, 0.6) is 5.75 Å². The molecule has 0 radical (unpaired) electrons. The molecule has 3 aromatic carbocycles. The second kappa shape index (κ2) is 16.5. The summed E-state index contributed by atoms with van der Waals surface area (Å²) in [5.74, 6) is -0.197. The average Bonchev–Trinajstić information content (AvgIpc) is 2.98. The summed E-state index contributed by atoms with van der Waals surface area (Å²) in [5.41, 5.74) is 1.81. The summed E-state index contributed by atoms with van der Waals surface area (Å²) in [5, 5.41) is 3.75. The van der Waals surface area contributed by atoms with Gasteiger partial charge in [-0.3, -0.25) is 13.9 Å². The molecule has 0 aliphatic carbocycles. The number of hydrogen-bond acceptors (Lipinski definition) is 5. The first-order valence-corrected chi connectivity index (χ1v) is 16.8. The van der Waals surface area contributed by atoms with E-state index in [0.29, 0.717) is 33.6 Å². The summed E-state index contributed by atoms with van der Waals surface area (Å²) in [6, 6.07) is 20.5. The lowest BCUT2D eigenvalue weighted by molar-refractivity contribution is -0.141. The number of para-hydroxylation sites is 2. The van der Waals surface area contributed by atoms with Gasteiger partial charge in [0, 0.05) is 48.1 Å². The number of ether oxygens (including phenoxy) is 1. The van der Waals surface area contributed by atoms with E-state index in [1.54, 1.807) is 42.5 Å². The maximum atomic E-state index is 14.0. The van der Waals surface area contributed by atoms with E-state index in [4.69, 9.17) is 27.9 Å². The maximum absolute atomic E-state index is 14.0. The summed E-state index contributed by atoms with van der Waals surface area (Å²) in [7, 11) is -2.21. The molecule has 2 amide bonds. The molecule has 3 aromatic rings. The van der Waals surface area contributed by atoms with Crippen LogP contribution in [0.2, 0.25) is 10.0 Å². The smallest absolute Gasteiger partial charge is 0.243 e. The monoisotopic (exact) mass is 647 g/mol. The van der Waals surface area contributed by atoms with Crippen LogP contribution in [0.25, 0.3) is 0 Å². The number of methoxy groups -OCH3 is 1. The van der Waals surface area contributed by atoms with E-state index >= 15 is 0 Å². The highest BCUT2D eigenvalue weighted by Gasteiger charge is 2.31. The minimum atomic E-state index is -3.68. The zero-order valence-corrected chi connectivity index (χ0v) is 27.1. The quantitative estimate of drug-likeness (QED) is 0.189. The fraction of sp³-hybridized carbons (Fsp3) is 0.375. The Kier molecular flexibility index (Phi) is 13.2. The lowest BCUT2D eigenvalue weighted by atomic mass is 10.0. The molecule has 1 N–H and O–H groups in total. The van der Waals surface area contributed by atoms with Gasteiger partial charge in [0.05, 0.1) is 19.1 Å². The number of benzene rings is 3. The van der Waals surface area contributed by atoms with Gasteiger partial charge in [0.2, 0.25) is 21.8 Å². The van der Waals surface area contributed by atoms with Crippen molar-refractivity contribution in [2.24, 2.45) is 0 Å². The predicted octanol–water partition coefficient (Wildman–Crippen LogP) is 6.10. The molecule has 232 valence electrons. The number of unbranched alkanes of at least 4 members (excludes halogenated alkanes) is 1. The number of nitrogens with one attached hydrogen (secondary N) is 1. The van der Waals surface area contributed by atoms with E-state index in [9.17, 15) is 18.0 Å². The van der Waals surface area contributed by atoms with E-state index in [0.717, 1.165) is 24.7 Å². The fourth-order valence-corrected chi connectivity index (χ4v) is 6.22. The number of amides is 2. The first kappa shape index (κ1) is 34.2. The van der Waals surface area contributed by atoms with Gasteiger partial charge >= 0.3 is 0 Å². The topological polar surface area (TPSA) is 96.0 Å². The highest BCUT2D eigenvalue weighted by molar-refractivity contribution is 7.92. The van der Waals surface area contributed by atoms with Gasteiger partial charge in [-0.15, -0.1) is 0 Å². The van der Waals surface area contributed by atoms with Crippen LogP contribution in [0, 0.1) is 0 Å². The summed E-state index contributed by atoms with van der Waals surface area (Å²) < 4.78 is 32.1. The van der Waals surface area contributed by atoms with Gasteiger partial charge in [-0.05, 0) is 42.7 Å². The van der Waals surface area contributed by atoms with Crippen molar-refractivity contribution in [3.8, 4) is 5.75 Å². The van der Waals surface area contributed by atoms with Crippen molar-refractivity contribution in [3.05, 3.63) is 94.0 Å². The molecule has 0 heterocycles. The first-order chi connectivity index (χ1) is 20.6. The highest BCUT2D eigenvalue weighted by Crippen LogP contribution is 2.30. The third-order valence-electron chi connectivity index (χ3n) is 7.00. The first-order valence-electron chi connectivity index (χ1n) is 14.2. The summed E-state index contributed by atoms with van der Waals surface area (Å²) in [6.07, 6.45) is 3.29. The van der Waals surface area contributed by atoms with Crippen LogP contribution in [0.4, 0.5) is 5.69 Å². The molecule has 0 unspecified atom stereocenters. The molecular formula is C32H39Cl2N3O5S. The predicted molar refractivity (Wildman–Crippen MR) is 173 cm³/mol. The van der Waals surface area contributed by atoms with Crippen LogP contribution >= 0.6 is 23.2 Å². The van der Waals surface area contributed by atoms with E-state index in [-0.39, 0.29) is 44.2 Å². The molecule has 0 bridgehead atoms. The van der Waals surface area contributed by atoms with Crippen molar-refractivity contribution < 1.29 is 22.7 Å². The molecule has 43 heavy (non-hydrogen) atoms. The summed E-state index contributed by atoms with van der Waals surface area (Å²) >= 11 is 13.0. The minimum Gasteiger partial charge on any atom is -0.495 e. The largest absolute Gasteiger partial charge is 0.495 e. The SMILES string of the molecule is CCCCNC(=O)[C@H](Cc1ccccc1)N(Cc1c(Cl)cccc1Cl)C(=O)CCCN(c1ccccc1OC)S(C)(=O)=O. The van der Waals surface area contributed by atoms with E-state index in [2.05, 4.69) is 5.32 Å². The second-order valence-corrected chi connectivity index (χ2v) is 12.9. The Bertz CT molecular complexity index is 1450. The molecule has 1 atom stereocenters. The van der Waals surface area contributed by atoms with Crippen LogP contribution in [0.15, 0.2) is 72.8 Å². The second-order valence-electron chi connectivity index (χ2n) is 10.2. The molecule has 0 spiro atoms. The molecule has 3 rings (SSSR count). The van der Waals surface area contributed by atoms with Crippen molar-refractivity contribution in [2.45, 2.75) is 51.6 Å². The zero-order chi connectivity index (χ0) is 31.4. The van der Waals surface area contributed by atoms with Gasteiger partial charge in [-0.1, -0.05) is 85.1 Å².